The molecule has 1 aliphatic carbocycles. The highest BCUT2D eigenvalue weighted by molar-refractivity contribution is 5.83. The van der Waals surface area contributed by atoms with E-state index in [4.69, 9.17) is 5.73 Å². The molecule has 1 aliphatic rings. The highest BCUT2D eigenvalue weighted by Gasteiger charge is 2.39. The van der Waals surface area contributed by atoms with Crippen molar-refractivity contribution in [3.8, 4) is 0 Å². The average molecular weight is 256 g/mol. The summed E-state index contributed by atoms with van der Waals surface area (Å²) in [5.74, 6) is 0.0327. The second-order valence-corrected chi connectivity index (χ2v) is 5.93. The Bertz CT molecular complexity index is 267. The number of hydrogen-bond donors (Lipinski definition) is 3. The van der Waals surface area contributed by atoms with E-state index in [0.29, 0.717) is 6.54 Å². The first-order chi connectivity index (χ1) is 8.52. The molecule has 106 valence electrons. The van der Waals surface area contributed by atoms with Crippen molar-refractivity contribution < 1.29 is 9.90 Å². The van der Waals surface area contributed by atoms with Crippen LogP contribution in [0.1, 0.15) is 58.8 Å². The van der Waals surface area contributed by atoms with Crippen LogP contribution in [0.4, 0.5) is 0 Å². The molecule has 0 spiro atoms. The van der Waals surface area contributed by atoms with Crippen LogP contribution in [0.3, 0.4) is 0 Å². The van der Waals surface area contributed by atoms with Crippen molar-refractivity contribution in [3.63, 3.8) is 0 Å². The minimum atomic E-state index is -0.522. The van der Waals surface area contributed by atoms with Gasteiger partial charge < -0.3 is 16.2 Å². The van der Waals surface area contributed by atoms with Crippen molar-refractivity contribution in [2.75, 3.05) is 13.2 Å². The minimum absolute atomic E-state index is 0.0319. The molecule has 0 aliphatic heterocycles. The zero-order valence-electron chi connectivity index (χ0n) is 11.8. The number of aliphatic hydroxyl groups excluding tert-OH is 1. The van der Waals surface area contributed by atoms with E-state index in [1.54, 1.807) is 0 Å². The van der Waals surface area contributed by atoms with Gasteiger partial charge in [-0.3, -0.25) is 4.79 Å². The standard InChI is InChI=1S/C14H28N2O2/c1-3-13(2,11-17)16-12(18)14(10-15)8-6-4-5-7-9-14/h17H,3-11,15H2,1-2H3,(H,16,18). The largest absolute Gasteiger partial charge is 0.394 e. The van der Waals surface area contributed by atoms with Crippen LogP contribution < -0.4 is 11.1 Å². The molecular formula is C14H28N2O2. The Labute approximate surface area is 110 Å². The van der Waals surface area contributed by atoms with Crippen molar-refractivity contribution in [1.82, 2.24) is 5.32 Å². The van der Waals surface area contributed by atoms with E-state index in [9.17, 15) is 9.90 Å². The molecule has 18 heavy (non-hydrogen) atoms. The van der Waals surface area contributed by atoms with Crippen LogP contribution in [0.2, 0.25) is 0 Å². The molecule has 0 aromatic rings. The van der Waals surface area contributed by atoms with Crippen LogP contribution in [0, 0.1) is 5.41 Å². The Morgan fingerprint density at radius 1 is 1.33 bits per heavy atom. The number of carbonyl (C=O) groups is 1. The van der Waals surface area contributed by atoms with E-state index in [1.165, 1.54) is 12.8 Å². The molecule has 1 atom stereocenters. The molecule has 4 N–H and O–H groups in total. The van der Waals surface area contributed by atoms with Crippen LogP contribution in [0.25, 0.3) is 0 Å². The van der Waals surface area contributed by atoms with Gasteiger partial charge in [0.2, 0.25) is 5.91 Å². The summed E-state index contributed by atoms with van der Waals surface area (Å²) in [4.78, 5) is 12.5. The lowest BCUT2D eigenvalue weighted by molar-refractivity contribution is -0.134. The summed E-state index contributed by atoms with van der Waals surface area (Å²) in [7, 11) is 0. The van der Waals surface area contributed by atoms with Gasteiger partial charge in [-0.25, -0.2) is 0 Å². The molecule has 1 fully saturated rings. The Hall–Kier alpha value is -0.610. The van der Waals surface area contributed by atoms with Gasteiger partial charge in [-0.15, -0.1) is 0 Å². The van der Waals surface area contributed by atoms with Crippen molar-refractivity contribution in [2.24, 2.45) is 11.1 Å². The van der Waals surface area contributed by atoms with Crippen molar-refractivity contribution >= 4 is 5.91 Å². The summed E-state index contributed by atoms with van der Waals surface area (Å²) < 4.78 is 0. The smallest absolute Gasteiger partial charge is 0.227 e. The molecule has 0 aromatic carbocycles. The first kappa shape index (κ1) is 15.4. The van der Waals surface area contributed by atoms with E-state index >= 15 is 0 Å². The molecule has 0 radical (unpaired) electrons. The summed E-state index contributed by atoms with van der Waals surface area (Å²) in [6.07, 6.45) is 7.01. The van der Waals surface area contributed by atoms with Gasteiger partial charge >= 0.3 is 0 Å². The van der Waals surface area contributed by atoms with Gasteiger partial charge in [0, 0.05) is 6.54 Å². The maximum Gasteiger partial charge on any atom is 0.227 e. The fourth-order valence-electron chi connectivity index (χ4n) is 2.58. The number of amides is 1. The van der Waals surface area contributed by atoms with E-state index < -0.39 is 11.0 Å². The van der Waals surface area contributed by atoms with Gasteiger partial charge in [0.05, 0.1) is 17.6 Å². The number of nitrogens with two attached hydrogens (primary N) is 1. The molecule has 4 heteroatoms. The van der Waals surface area contributed by atoms with Crippen LogP contribution in [0.5, 0.6) is 0 Å². The molecule has 1 amide bonds. The summed E-state index contributed by atoms with van der Waals surface area (Å²) in [6.45, 7) is 4.23. The maximum absolute atomic E-state index is 12.5. The maximum atomic E-state index is 12.5. The Kier molecular flexibility index (Phi) is 5.60. The molecule has 4 nitrogen and oxygen atoms in total. The molecule has 1 rings (SSSR count). The highest BCUT2D eigenvalue weighted by Crippen LogP contribution is 2.35. The van der Waals surface area contributed by atoms with Crippen LogP contribution in [0.15, 0.2) is 0 Å². The van der Waals surface area contributed by atoms with Gasteiger partial charge in [-0.2, -0.15) is 0 Å². The molecule has 0 saturated heterocycles. The number of carbonyl (C=O) groups excluding carboxylic acids is 1. The second kappa shape index (κ2) is 6.53. The van der Waals surface area contributed by atoms with Crippen LogP contribution in [-0.2, 0) is 4.79 Å². The fourth-order valence-corrected chi connectivity index (χ4v) is 2.58. The SMILES string of the molecule is CCC(C)(CO)NC(=O)C1(CN)CCCCCC1. The monoisotopic (exact) mass is 256 g/mol. The Morgan fingerprint density at radius 3 is 2.28 bits per heavy atom. The number of hydrogen-bond acceptors (Lipinski definition) is 3. The molecule has 0 aromatic heterocycles. The van der Waals surface area contributed by atoms with Gasteiger partial charge in [0.25, 0.3) is 0 Å². The third kappa shape index (κ3) is 3.45. The number of rotatable bonds is 5. The molecule has 0 bridgehead atoms. The zero-order valence-corrected chi connectivity index (χ0v) is 11.8. The number of nitrogens with one attached hydrogen (secondary N) is 1. The second-order valence-electron chi connectivity index (χ2n) is 5.93. The third-order valence-electron chi connectivity index (χ3n) is 4.48. The average Bonchev–Trinajstić information content (AvgIpc) is 2.64. The predicted molar refractivity (Wildman–Crippen MR) is 73.1 cm³/mol. The van der Waals surface area contributed by atoms with Crippen molar-refractivity contribution in [1.29, 1.82) is 0 Å². The van der Waals surface area contributed by atoms with Crippen molar-refractivity contribution in [2.45, 2.75) is 64.3 Å². The predicted octanol–water partition coefficient (Wildman–Crippen LogP) is 1.56. The molecule has 0 heterocycles. The molecule has 1 unspecified atom stereocenters. The molecular weight excluding hydrogens is 228 g/mol. The lowest BCUT2D eigenvalue weighted by atomic mass is 9.78. The first-order valence-corrected chi connectivity index (χ1v) is 7.15. The normalized spacial score (nSPS) is 22.9. The highest BCUT2D eigenvalue weighted by atomic mass is 16.3. The lowest BCUT2D eigenvalue weighted by Crippen LogP contribution is -2.55. The van der Waals surface area contributed by atoms with Crippen LogP contribution in [-0.4, -0.2) is 29.7 Å². The summed E-state index contributed by atoms with van der Waals surface area (Å²) >= 11 is 0. The van der Waals surface area contributed by atoms with Crippen molar-refractivity contribution in [3.05, 3.63) is 0 Å². The van der Waals surface area contributed by atoms with E-state index in [1.807, 2.05) is 13.8 Å². The summed E-state index contributed by atoms with van der Waals surface area (Å²) in [5, 5.41) is 12.4. The topological polar surface area (TPSA) is 75.3 Å². The first-order valence-electron chi connectivity index (χ1n) is 7.15. The van der Waals surface area contributed by atoms with E-state index in [-0.39, 0.29) is 12.5 Å². The van der Waals surface area contributed by atoms with E-state index in [0.717, 1.165) is 32.1 Å². The Morgan fingerprint density at radius 2 is 1.89 bits per heavy atom. The molecule has 1 saturated carbocycles. The minimum Gasteiger partial charge on any atom is -0.394 e. The van der Waals surface area contributed by atoms with Gasteiger partial charge in [0.1, 0.15) is 0 Å². The van der Waals surface area contributed by atoms with Gasteiger partial charge in [-0.1, -0.05) is 32.6 Å². The number of aliphatic hydroxyl groups is 1. The quantitative estimate of drug-likeness (QED) is 0.653. The fraction of sp³-hybridized carbons (Fsp3) is 0.929. The Balaban J connectivity index is 2.77. The summed E-state index contributed by atoms with van der Waals surface area (Å²) in [5.41, 5.74) is 4.95. The van der Waals surface area contributed by atoms with E-state index in [2.05, 4.69) is 5.32 Å². The lowest BCUT2D eigenvalue weighted by Gasteiger charge is -2.36. The van der Waals surface area contributed by atoms with Crippen LogP contribution >= 0.6 is 0 Å². The third-order valence-corrected chi connectivity index (χ3v) is 4.48. The van der Waals surface area contributed by atoms with Gasteiger partial charge in [0.15, 0.2) is 0 Å². The van der Waals surface area contributed by atoms with Gasteiger partial charge in [-0.05, 0) is 26.2 Å². The zero-order chi connectivity index (χ0) is 13.6. The summed E-state index contributed by atoms with van der Waals surface area (Å²) in [6, 6.07) is 0.